The number of tetrazole rings is 1. The minimum absolute atomic E-state index is 0.430. The van der Waals surface area contributed by atoms with Crippen molar-refractivity contribution in [3.63, 3.8) is 0 Å². The molecule has 1 aromatic carbocycles. The van der Waals surface area contributed by atoms with E-state index < -0.39 is 11.5 Å². The third-order valence-electron chi connectivity index (χ3n) is 3.86. The van der Waals surface area contributed by atoms with Crippen molar-refractivity contribution in [2.24, 2.45) is 0 Å². The molecule has 6 nitrogen and oxygen atoms in total. The standard InChI is InChI=1S/C15H20N4O2/c1-3-15(2,14(20)21)19-13(16-17-18-19)11-7-10-12-8-5-4-6-9-12/h4-6,8-9H,3,7,10-11H2,1-2H3,(H,20,21). The molecule has 21 heavy (non-hydrogen) atoms. The van der Waals surface area contributed by atoms with Crippen molar-refractivity contribution in [1.29, 1.82) is 0 Å². The van der Waals surface area contributed by atoms with E-state index in [0.717, 1.165) is 12.8 Å². The van der Waals surface area contributed by atoms with Crippen molar-refractivity contribution in [3.8, 4) is 0 Å². The number of carboxylic acid groups (broad SMARTS) is 1. The topological polar surface area (TPSA) is 80.9 Å². The highest BCUT2D eigenvalue weighted by Crippen LogP contribution is 2.21. The molecule has 0 aliphatic heterocycles. The third-order valence-corrected chi connectivity index (χ3v) is 3.86. The van der Waals surface area contributed by atoms with Crippen LogP contribution in [-0.2, 0) is 23.2 Å². The van der Waals surface area contributed by atoms with E-state index in [4.69, 9.17) is 0 Å². The Morgan fingerprint density at radius 3 is 2.62 bits per heavy atom. The fourth-order valence-electron chi connectivity index (χ4n) is 2.23. The molecule has 1 atom stereocenters. The zero-order valence-corrected chi connectivity index (χ0v) is 12.4. The lowest BCUT2D eigenvalue weighted by molar-refractivity contribution is -0.147. The van der Waals surface area contributed by atoms with Crippen molar-refractivity contribution in [2.45, 2.75) is 45.1 Å². The number of hydrogen-bond donors (Lipinski definition) is 1. The zero-order valence-electron chi connectivity index (χ0n) is 12.4. The van der Waals surface area contributed by atoms with Crippen LogP contribution in [-0.4, -0.2) is 31.3 Å². The highest BCUT2D eigenvalue weighted by molar-refractivity contribution is 5.76. The van der Waals surface area contributed by atoms with E-state index in [2.05, 4.69) is 27.7 Å². The van der Waals surface area contributed by atoms with Gasteiger partial charge in [0.05, 0.1) is 0 Å². The molecule has 0 saturated carbocycles. The molecule has 0 amide bonds. The van der Waals surface area contributed by atoms with Crippen LogP contribution < -0.4 is 0 Å². The van der Waals surface area contributed by atoms with E-state index in [9.17, 15) is 9.90 Å². The molecular formula is C15H20N4O2. The van der Waals surface area contributed by atoms with Crippen molar-refractivity contribution >= 4 is 5.97 Å². The smallest absolute Gasteiger partial charge is 0.331 e. The van der Waals surface area contributed by atoms with Gasteiger partial charge in [0.15, 0.2) is 11.4 Å². The summed E-state index contributed by atoms with van der Waals surface area (Å²) < 4.78 is 1.44. The summed E-state index contributed by atoms with van der Waals surface area (Å²) in [7, 11) is 0. The molecular weight excluding hydrogens is 268 g/mol. The normalized spacial score (nSPS) is 13.8. The van der Waals surface area contributed by atoms with Gasteiger partial charge in [0.2, 0.25) is 0 Å². The number of rotatable bonds is 7. The number of benzene rings is 1. The molecule has 0 fully saturated rings. The summed E-state index contributed by atoms with van der Waals surface area (Å²) in [6.45, 7) is 3.47. The number of aromatic nitrogens is 4. The van der Waals surface area contributed by atoms with E-state index in [1.165, 1.54) is 10.2 Å². The first kappa shape index (κ1) is 15.2. The summed E-state index contributed by atoms with van der Waals surface area (Å²) in [6, 6.07) is 10.2. The van der Waals surface area contributed by atoms with Crippen molar-refractivity contribution in [3.05, 3.63) is 41.7 Å². The molecule has 1 unspecified atom stereocenters. The van der Waals surface area contributed by atoms with Gasteiger partial charge in [0.1, 0.15) is 0 Å². The summed E-state index contributed by atoms with van der Waals surface area (Å²) in [5.41, 5.74) is 0.166. The number of carboxylic acids is 1. The number of carbonyl (C=O) groups is 1. The Balaban J connectivity index is 2.05. The quantitative estimate of drug-likeness (QED) is 0.843. The second-order valence-corrected chi connectivity index (χ2v) is 5.28. The average Bonchev–Trinajstić information content (AvgIpc) is 2.96. The van der Waals surface area contributed by atoms with Gasteiger partial charge in [-0.3, -0.25) is 0 Å². The van der Waals surface area contributed by atoms with Gasteiger partial charge in [-0.25, -0.2) is 9.48 Å². The second kappa shape index (κ2) is 6.47. The van der Waals surface area contributed by atoms with Gasteiger partial charge in [0, 0.05) is 6.42 Å². The largest absolute Gasteiger partial charge is 0.479 e. The Labute approximate surface area is 123 Å². The predicted octanol–water partition coefficient (Wildman–Crippen LogP) is 2.06. The molecule has 0 bridgehead atoms. The highest BCUT2D eigenvalue weighted by Gasteiger charge is 2.36. The molecule has 112 valence electrons. The van der Waals surface area contributed by atoms with Gasteiger partial charge in [-0.05, 0) is 42.2 Å². The van der Waals surface area contributed by atoms with Crippen LogP contribution in [0.15, 0.2) is 30.3 Å². The van der Waals surface area contributed by atoms with E-state index in [1.807, 2.05) is 25.1 Å². The van der Waals surface area contributed by atoms with Gasteiger partial charge < -0.3 is 5.11 Å². The van der Waals surface area contributed by atoms with E-state index in [0.29, 0.717) is 18.7 Å². The first-order valence-corrected chi connectivity index (χ1v) is 7.13. The zero-order chi connectivity index (χ0) is 15.3. The Morgan fingerprint density at radius 1 is 1.29 bits per heavy atom. The van der Waals surface area contributed by atoms with E-state index in [-0.39, 0.29) is 0 Å². The molecule has 0 aliphatic carbocycles. The van der Waals surface area contributed by atoms with Crippen LogP contribution in [0.25, 0.3) is 0 Å². The Hall–Kier alpha value is -2.24. The van der Waals surface area contributed by atoms with Crippen LogP contribution in [0.2, 0.25) is 0 Å². The minimum Gasteiger partial charge on any atom is -0.479 e. The van der Waals surface area contributed by atoms with Gasteiger partial charge in [-0.1, -0.05) is 37.3 Å². The maximum absolute atomic E-state index is 11.5. The van der Waals surface area contributed by atoms with Crippen LogP contribution in [0, 0.1) is 0 Å². The lowest BCUT2D eigenvalue weighted by atomic mass is 9.99. The van der Waals surface area contributed by atoms with Gasteiger partial charge in [-0.2, -0.15) is 0 Å². The van der Waals surface area contributed by atoms with Crippen LogP contribution in [0.4, 0.5) is 0 Å². The van der Waals surface area contributed by atoms with E-state index in [1.54, 1.807) is 6.92 Å². The first-order chi connectivity index (χ1) is 10.1. The maximum atomic E-state index is 11.5. The Bertz CT molecular complexity index is 597. The number of aryl methyl sites for hydroxylation is 2. The van der Waals surface area contributed by atoms with Crippen LogP contribution in [0.3, 0.4) is 0 Å². The number of hydrogen-bond acceptors (Lipinski definition) is 4. The molecule has 6 heteroatoms. The summed E-state index contributed by atoms with van der Waals surface area (Å²) >= 11 is 0. The highest BCUT2D eigenvalue weighted by atomic mass is 16.4. The lowest BCUT2D eigenvalue weighted by Gasteiger charge is -2.23. The molecule has 1 N–H and O–H groups in total. The van der Waals surface area contributed by atoms with Crippen molar-refractivity contribution in [1.82, 2.24) is 20.2 Å². The SMILES string of the molecule is CCC(C)(C(=O)O)n1nnnc1CCCc1ccccc1. The van der Waals surface area contributed by atoms with E-state index >= 15 is 0 Å². The summed E-state index contributed by atoms with van der Waals surface area (Å²) in [5.74, 6) is -0.292. The average molecular weight is 288 g/mol. The third kappa shape index (κ3) is 3.26. The summed E-state index contributed by atoms with van der Waals surface area (Å²) in [5, 5.41) is 20.9. The molecule has 1 heterocycles. The van der Waals surface area contributed by atoms with Crippen LogP contribution in [0.1, 0.15) is 38.1 Å². The van der Waals surface area contributed by atoms with Gasteiger partial charge in [0.25, 0.3) is 0 Å². The Kier molecular flexibility index (Phi) is 4.67. The molecule has 0 aliphatic rings. The van der Waals surface area contributed by atoms with Crippen LogP contribution >= 0.6 is 0 Å². The molecule has 1 aromatic heterocycles. The lowest BCUT2D eigenvalue weighted by Crippen LogP contribution is -2.40. The van der Waals surface area contributed by atoms with Crippen LogP contribution in [0.5, 0.6) is 0 Å². The second-order valence-electron chi connectivity index (χ2n) is 5.28. The molecule has 2 rings (SSSR count). The fourth-order valence-corrected chi connectivity index (χ4v) is 2.23. The van der Waals surface area contributed by atoms with Crippen molar-refractivity contribution in [2.75, 3.05) is 0 Å². The maximum Gasteiger partial charge on any atom is 0.331 e. The molecule has 0 saturated heterocycles. The Morgan fingerprint density at radius 2 is 2.00 bits per heavy atom. The summed E-state index contributed by atoms with van der Waals surface area (Å²) in [6.07, 6.45) is 2.89. The molecule has 0 radical (unpaired) electrons. The first-order valence-electron chi connectivity index (χ1n) is 7.13. The van der Waals surface area contributed by atoms with Gasteiger partial charge >= 0.3 is 5.97 Å². The summed E-state index contributed by atoms with van der Waals surface area (Å²) in [4.78, 5) is 11.5. The molecule has 2 aromatic rings. The minimum atomic E-state index is -1.09. The monoisotopic (exact) mass is 288 g/mol. The van der Waals surface area contributed by atoms with Crippen molar-refractivity contribution < 1.29 is 9.90 Å². The van der Waals surface area contributed by atoms with Gasteiger partial charge in [-0.15, -0.1) is 5.10 Å². The number of nitrogens with zero attached hydrogens (tertiary/aromatic N) is 4. The number of aliphatic carboxylic acids is 1. The molecule has 0 spiro atoms. The predicted molar refractivity (Wildman–Crippen MR) is 77.9 cm³/mol. The fraction of sp³-hybridized carbons (Fsp3) is 0.467.